The molecule has 0 saturated carbocycles. The number of amides is 1. The van der Waals surface area contributed by atoms with Crippen LogP contribution in [0.15, 0.2) is 76.5 Å². The van der Waals surface area contributed by atoms with Crippen LogP contribution >= 0.6 is 11.8 Å². The van der Waals surface area contributed by atoms with E-state index in [2.05, 4.69) is 11.4 Å². The summed E-state index contributed by atoms with van der Waals surface area (Å²) in [6.45, 7) is 6.02. The van der Waals surface area contributed by atoms with Crippen LogP contribution in [0.2, 0.25) is 0 Å². The summed E-state index contributed by atoms with van der Waals surface area (Å²) < 4.78 is 27.1. The van der Waals surface area contributed by atoms with Crippen molar-refractivity contribution >= 4 is 33.4 Å². The fraction of sp³-hybridized carbons (Fsp3) is 0.240. The van der Waals surface area contributed by atoms with Gasteiger partial charge >= 0.3 is 0 Å². The van der Waals surface area contributed by atoms with E-state index in [0.29, 0.717) is 11.3 Å². The lowest BCUT2D eigenvalue weighted by atomic mass is 10.00. The lowest BCUT2D eigenvalue weighted by Gasteiger charge is -2.20. The van der Waals surface area contributed by atoms with Gasteiger partial charge in [-0.1, -0.05) is 23.8 Å². The minimum absolute atomic E-state index is 0.143. The molecule has 0 heterocycles. The van der Waals surface area contributed by atoms with Gasteiger partial charge < -0.3 is 5.32 Å². The van der Waals surface area contributed by atoms with Crippen LogP contribution in [0.5, 0.6) is 0 Å². The van der Waals surface area contributed by atoms with E-state index >= 15 is 0 Å². The van der Waals surface area contributed by atoms with Crippen LogP contribution < -0.4 is 9.62 Å². The predicted octanol–water partition coefficient (Wildman–Crippen LogP) is 5.34. The average molecular weight is 469 g/mol. The van der Waals surface area contributed by atoms with Crippen molar-refractivity contribution in [3.8, 4) is 0 Å². The Hall–Kier alpha value is -2.77. The van der Waals surface area contributed by atoms with Gasteiger partial charge in [-0.2, -0.15) is 0 Å². The predicted molar refractivity (Wildman–Crippen MR) is 132 cm³/mol. The van der Waals surface area contributed by atoms with Crippen molar-refractivity contribution in [3.63, 3.8) is 0 Å². The number of nitrogens with one attached hydrogen (secondary N) is 1. The molecule has 0 aliphatic rings. The highest BCUT2D eigenvalue weighted by atomic mass is 32.2. The van der Waals surface area contributed by atoms with E-state index < -0.39 is 10.0 Å². The highest BCUT2D eigenvalue weighted by Gasteiger charge is 2.22. The van der Waals surface area contributed by atoms with Gasteiger partial charge in [0.1, 0.15) is 0 Å². The molecule has 3 aromatic rings. The highest BCUT2D eigenvalue weighted by Crippen LogP contribution is 2.25. The fourth-order valence-corrected chi connectivity index (χ4v) is 5.14. The first-order valence-corrected chi connectivity index (χ1v) is 12.9. The second-order valence-corrected chi connectivity index (χ2v) is 10.6. The van der Waals surface area contributed by atoms with Crippen molar-refractivity contribution in [1.82, 2.24) is 5.32 Å². The topological polar surface area (TPSA) is 66.5 Å². The normalized spacial score (nSPS) is 12.3. The minimum Gasteiger partial charge on any atom is -0.346 e. The molecule has 0 bridgehead atoms. The van der Waals surface area contributed by atoms with Crippen LogP contribution in [-0.4, -0.2) is 27.6 Å². The van der Waals surface area contributed by atoms with Crippen LogP contribution in [0, 0.1) is 13.8 Å². The summed E-state index contributed by atoms with van der Waals surface area (Å²) in [6.07, 6.45) is 1.94. The molecule has 0 aliphatic carbocycles. The molecule has 0 saturated heterocycles. The molecule has 1 N–H and O–H groups in total. The van der Waals surface area contributed by atoms with Gasteiger partial charge in [0.2, 0.25) is 0 Å². The third-order valence-electron chi connectivity index (χ3n) is 5.45. The van der Waals surface area contributed by atoms with Crippen molar-refractivity contribution in [2.24, 2.45) is 0 Å². The number of thioether (sulfide) groups is 1. The first-order chi connectivity index (χ1) is 15.1. The Morgan fingerprint density at radius 2 is 1.59 bits per heavy atom. The average Bonchev–Trinajstić information content (AvgIpc) is 2.78. The Bertz CT molecular complexity index is 1200. The van der Waals surface area contributed by atoms with Gasteiger partial charge in [0, 0.05) is 17.5 Å². The monoisotopic (exact) mass is 468 g/mol. The van der Waals surface area contributed by atoms with Crippen molar-refractivity contribution in [3.05, 3.63) is 89.0 Å². The van der Waals surface area contributed by atoms with E-state index in [-0.39, 0.29) is 16.8 Å². The zero-order valence-electron chi connectivity index (χ0n) is 18.9. The summed E-state index contributed by atoms with van der Waals surface area (Å²) >= 11 is 1.55. The van der Waals surface area contributed by atoms with Crippen molar-refractivity contribution in [2.45, 2.75) is 36.6 Å². The van der Waals surface area contributed by atoms with E-state index in [1.165, 1.54) is 16.9 Å². The summed E-state index contributed by atoms with van der Waals surface area (Å²) in [5.41, 5.74) is 4.34. The molecule has 0 aromatic heterocycles. The maximum absolute atomic E-state index is 12.9. The van der Waals surface area contributed by atoms with E-state index in [4.69, 9.17) is 0 Å². The second kappa shape index (κ2) is 9.79. The summed E-state index contributed by atoms with van der Waals surface area (Å²) in [5, 5.41) is 3.02. The number of rotatable bonds is 7. The summed E-state index contributed by atoms with van der Waals surface area (Å²) in [7, 11) is -2.18. The zero-order chi connectivity index (χ0) is 23.5. The maximum Gasteiger partial charge on any atom is 0.264 e. The molecule has 1 amide bonds. The van der Waals surface area contributed by atoms with E-state index in [0.717, 1.165) is 16.0 Å². The molecule has 0 fully saturated rings. The molecule has 0 spiro atoms. The number of carbonyl (C=O) groups is 1. The minimum atomic E-state index is -3.69. The molecular formula is C25H28N2O3S2. The Balaban J connectivity index is 1.73. The van der Waals surface area contributed by atoms with Crippen LogP contribution in [0.4, 0.5) is 5.69 Å². The molecular weight excluding hydrogens is 440 g/mol. The van der Waals surface area contributed by atoms with E-state index in [9.17, 15) is 13.2 Å². The van der Waals surface area contributed by atoms with Gasteiger partial charge in [-0.05, 0) is 86.7 Å². The van der Waals surface area contributed by atoms with Crippen molar-refractivity contribution in [2.75, 3.05) is 17.6 Å². The van der Waals surface area contributed by atoms with Crippen LogP contribution in [0.1, 0.15) is 40.0 Å². The first kappa shape index (κ1) is 23.9. The summed E-state index contributed by atoms with van der Waals surface area (Å²) in [6, 6.07) is 19.4. The van der Waals surface area contributed by atoms with Crippen LogP contribution in [0.25, 0.3) is 0 Å². The number of aryl methyl sites for hydroxylation is 2. The number of sulfonamides is 1. The Kier molecular flexibility index (Phi) is 7.31. The van der Waals surface area contributed by atoms with Crippen molar-refractivity contribution in [1.29, 1.82) is 0 Å². The van der Waals surface area contributed by atoms with Crippen LogP contribution in [-0.2, 0) is 10.0 Å². The fourth-order valence-electron chi connectivity index (χ4n) is 3.54. The molecule has 0 aliphatic heterocycles. The zero-order valence-corrected chi connectivity index (χ0v) is 20.5. The van der Waals surface area contributed by atoms with E-state index in [1.807, 2.05) is 39.2 Å². The van der Waals surface area contributed by atoms with Crippen molar-refractivity contribution < 1.29 is 13.2 Å². The number of benzene rings is 3. The molecule has 32 heavy (non-hydrogen) atoms. The lowest BCUT2D eigenvalue weighted by Crippen LogP contribution is -2.28. The maximum atomic E-state index is 12.9. The largest absolute Gasteiger partial charge is 0.346 e. The quantitative estimate of drug-likeness (QED) is 0.475. The summed E-state index contributed by atoms with van der Waals surface area (Å²) in [5.74, 6) is -0.206. The molecule has 168 valence electrons. The van der Waals surface area contributed by atoms with Gasteiger partial charge in [-0.3, -0.25) is 9.10 Å². The molecule has 7 heteroatoms. The Morgan fingerprint density at radius 3 is 2.16 bits per heavy atom. The Morgan fingerprint density at radius 1 is 0.969 bits per heavy atom. The van der Waals surface area contributed by atoms with Gasteiger partial charge in [0.25, 0.3) is 15.9 Å². The van der Waals surface area contributed by atoms with E-state index in [1.54, 1.807) is 60.3 Å². The summed E-state index contributed by atoms with van der Waals surface area (Å²) in [4.78, 5) is 13.9. The number of anilines is 1. The Labute approximate surface area is 194 Å². The second-order valence-electron chi connectivity index (χ2n) is 7.75. The van der Waals surface area contributed by atoms with Gasteiger partial charge in [0.05, 0.1) is 16.6 Å². The molecule has 3 rings (SSSR count). The van der Waals surface area contributed by atoms with Gasteiger partial charge in [-0.25, -0.2) is 8.42 Å². The SMILES string of the molecule is CSc1ccc(S(=O)(=O)N(C)c2ccc(C(=O)N[C@@H](C)c3ccc(C)cc3C)cc2)cc1. The molecule has 0 radical (unpaired) electrons. The molecule has 0 unspecified atom stereocenters. The third-order valence-corrected chi connectivity index (χ3v) is 7.99. The molecule has 1 atom stereocenters. The highest BCUT2D eigenvalue weighted by molar-refractivity contribution is 7.98. The number of nitrogens with zero attached hydrogens (tertiary/aromatic N) is 1. The number of carbonyl (C=O) groups excluding carboxylic acids is 1. The molecule has 5 nitrogen and oxygen atoms in total. The van der Waals surface area contributed by atoms with Gasteiger partial charge in [-0.15, -0.1) is 11.8 Å². The van der Waals surface area contributed by atoms with Gasteiger partial charge in [0.15, 0.2) is 0 Å². The smallest absolute Gasteiger partial charge is 0.264 e. The number of hydrogen-bond donors (Lipinski definition) is 1. The first-order valence-electron chi connectivity index (χ1n) is 10.2. The standard InChI is InChI=1S/C25H28N2O3S2/c1-17-6-15-24(18(2)16-17)19(3)26-25(28)20-7-9-21(10-8-20)27(4)32(29,30)23-13-11-22(31-5)12-14-23/h6-16,19H,1-5H3,(H,26,28)/t19-/m0/s1. The number of hydrogen-bond acceptors (Lipinski definition) is 4. The molecule has 3 aromatic carbocycles. The third kappa shape index (κ3) is 5.16. The lowest BCUT2D eigenvalue weighted by molar-refractivity contribution is 0.0940. The van der Waals surface area contributed by atoms with Crippen LogP contribution in [0.3, 0.4) is 0 Å².